The maximum atomic E-state index is 2.52. The third-order valence-electron chi connectivity index (χ3n) is 11.4. The summed E-state index contributed by atoms with van der Waals surface area (Å²) in [5, 5.41) is 4.92. The molecule has 0 amide bonds. The fourth-order valence-corrected chi connectivity index (χ4v) is 8.77. The molecule has 1 nitrogen and oxygen atoms in total. The van der Waals surface area contributed by atoms with Crippen LogP contribution in [0.1, 0.15) is 25.0 Å². The topological polar surface area (TPSA) is 3.24 Å². The normalized spacial score (nSPS) is 12.8. The van der Waals surface area contributed by atoms with E-state index in [1.54, 1.807) is 0 Å². The van der Waals surface area contributed by atoms with E-state index in [0.717, 1.165) is 17.1 Å². The van der Waals surface area contributed by atoms with Crippen molar-refractivity contribution in [2.45, 2.75) is 19.3 Å². The van der Waals surface area contributed by atoms with E-state index in [2.05, 4.69) is 219 Å². The zero-order valence-electron chi connectivity index (χ0n) is 30.5. The molecule has 0 N–H and O–H groups in total. The van der Waals surface area contributed by atoms with E-state index >= 15 is 0 Å². The van der Waals surface area contributed by atoms with E-state index in [0.29, 0.717) is 0 Å². The highest BCUT2D eigenvalue weighted by molar-refractivity contribution is 6.11. The number of nitrogens with zero attached hydrogens (tertiary/aromatic N) is 1. The largest absolute Gasteiger partial charge is 0.310 e. The average Bonchev–Trinajstić information content (AvgIpc) is 3.46. The van der Waals surface area contributed by atoms with Gasteiger partial charge in [0.05, 0.1) is 5.69 Å². The molecule has 0 heterocycles. The minimum Gasteiger partial charge on any atom is -0.310 e. The Bertz CT molecular complexity index is 2790. The van der Waals surface area contributed by atoms with Crippen molar-refractivity contribution < 1.29 is 0 Å². The highest BCUT2D eigenvalue weighted by Gasteiger charge is 2.36. The molecule has 0 saturated heterocycles. The van der Waals surface area contributed by atoms with Crippen molar-refractivity contribution in [3.63, 3.8) is 0 Å². The lowest BCUT2D eigenvalue weighted by molar-refractivity contribution is 0.660. The van der Waals surface area contributed by atoms with Crippen LogP contribution in [-0.4, -0.2) is 0 Å². The van der Waals surface area contributed by atoms with Crippen LogP contribution in [0.15, 0.2) is 200 Å². The lowest BCUT2D eigenvalue weighted by Crippen LogP contribution is -2.17. The van der Waals surface area contributed by atoms with Gasteiger partial charge in [-0.05, 0) is 108 Å². The van der Waals surface area contributed by atoms with Crippen LogP contribution in [0.4, 0.5) is 17.1 Å². The predicted molar refractivity (Wildman–Crippen MR) is 230 cm³/mol. The first kappa shape index (κ1) is 32.0. The fraction of sp³-hybridized carbons (Fsp3) is 0.0566. The second kappa shape index (κ2) is 12.8. The van der Waals surface area contributed by atoms with Crippen LogP contribution >= 0.6 is 0 Å². The quantitative estimate of drug-likeness (QED) is 0.168. The van der Waals surface area contributed by atoms with Crippen molar-refractivity contribution in [2.24, 2.45) is 0 Å². The monoisotopic (exact) mass is 689 g/mol. The fourth-order valence-electron chi connectivity index (χ4n) is 8.77. The van der Waals surface area contributed by atoms with E-state index in [1.165, 1.54) is 77.2 Å². The molecule has 0 spiro atoms. The zero-order chi connectivity index (χ0) is 36.2. The molecule has 0 aromatic heterocycles. The van der Waals surface area contributed by atoms with Crippen LogP contribution in [0.2, 0.25) is 0 Å². The number of fused-ring (bicyclic) bond motifs is 5. The Morgan fingerprint density at radius 1 is 0.352 bits per heavy atom. The third kappa shape index (κ3) is 5.24. The van der Waals surface area contributed by atoms with Gasteiger partial charge in [-0.3, -0.25) is 0 Å². The Kier molecular flexibility index (Phi) is 7.56. The second-order valence-electron chi connectivity index (χ2n) is 14.9. The van der Waals surface area contributed by atoms with Crippen molar-refractivity contribution in [1.29, 1.82) is 0 Å². The Morgan fingerprint density at radius 2 is 0.907 bits per heavy atom. The van der Waals surface area contributed by atoms with Gasteiger partial charge in [-0.1, -0.05) is 178 Å². The Balaban J connectivity index is 1.31. The summed E-state index contributed by atoms with van der Waals surface area (Å²) in [6.07, 6.45) is 0. The summed E-state index contributed by atoms with van der Waals surface area (Å²) in [5.41, 5.74) is 15.8. The van der Waals surface area contributed by atoms with Crippen molar-refractivity contribution in [3.05, 3.63) is 211 Å². The summed E-state index contributed by atoms with van der Waals surface area (Å²) in [6, 6.07) is 73.6. The number of hydrogen-bond acceptors (Lipinski definition) is 1. The molecule has 0 unspecified atom stereocenters. The van der Waals surface area contributed by atoms with Crippen LogP contribution in [0.5, 0.6) is 0 Å². The molecule has 1 aliphatic carbocycles. The van der Waals surface area contributed by atoms with E-state index in [-0.39, 0.29) is 5.41 Å². The molecule has 0 saturated carbocycles. The van der Waals surface area contributed by atoms with Crippen LogP contribution in [0.25, 0.3) is 66.1 Å². The van der Waals surface area contributed by atoms with Gasteiger partial charge in [0.2, 0.25) is 0 Å². The summed E-state index contributed by atoms with van der Waals surface area (Å²) >= 11 is 0. The van der Waals surface area contributed by atoms with Crippen LogP contribution in [0.3, 0.4) is 0 Å². The summed E-state index contributed by atoms with van der Waals surface area (Å²) in [7, 11) is 0. The molecule has 54 heavy (non-hydrogen) atoms. The molecule has 0 atom stereocenters. The first-order chi connectivity index (χ1) is 26.5. The third-order valence-corrected chi connectivity index (χ3v) is 11.4. The Morgan fingerprint density at radius 3 is 1.63 bits per heavy atom. The standard InChI is InChI=1S/C53H39N/c1-53(2)49-27-14-13-25-46(49)47-30-29-42(35-50(47)53)54(43-33-40(36-16-5-3-6-17-36)32-41(34-43)37-18-7-4-8-19-37)51-31-28-39-21-10-12-24-45(39)52(51)48-26-15-22-38-20-9-11-23-44(38)48/h3-35H,1-2H3. The van der Waals surface area contributed by atoms with Crippen molar-refractivity contribution in [1.82, 2.24) is 0 Å². The van der Waals surface area contributed by atoms with Gasteiger partial charge in [0.1, 0.15) is 0 Å². The number of anilines is 3. The summed E-state index contributed by atoms with van der Waals surface area (Å²) in [6.45, 7) is 4.74. The lowest BCUT2D eigenvalue weighted by Gasteiger charge is -2.31. The van der Waals surface area contributed by atoms with Gasteiger partial charge >= 0.3 is 0 Å². The Labute approximate surface area is 317 Å². The molecule has 0 radical (unpaired) electrons. The van der Waals surface area contributed by atoms with Gasteiger partial charge in [-0.25, -0.2) is 0 Å². The van der Waals surface area contributed by atoms with Gasteiger partial charge in [-0.2, -0.15) is 0 Å². The van der Waals surface area contributed by atoms with E-state index in [1.807, 2.05) is 0 Å². The van der Waals surface area contributed by atoms with Crippen LogP contribution < -0.4 is 4.90 Å². The lowest BCUT2D eigenvalue weighted by atomic mass is 9.82. The highest BCUT2D eigenvalue weighted by Crippen LogP contribution is 2.52. The number of hydrogen-bond donors (Lipinski definition) is 0. The molecular formula is C53H39N. The Hall–Kier alpha value is -6.70. The first-order valence-corrected chi connectivity index (χ1v) is 18.8. The molecule has 9 aromatic rings. The van der Waals surface area contributed by atoms with E-state index in [4.69, 9.17) is 0 Å². The minimum atomic E-state index is -0.142. The van der Waals surface area contributed by atoms with Gasteiger partial charge in [0.25, 0.3) is 0 Å². The maximum absolute atomic E-state index is 2.52. The summed E-state index contributed by atoms with van der Waals surface area (Å²) < 4.78 is 0. The second-order valence-corrected chi connectivity index (χ2v) is 14.9. The van der Waals surface area contributed by atoms with Gasteiger partial charge in [0, 0.05) is 22.4 Å². The summed E-state index contributed by atoms with van der Waals surface area (Å²) in [4.78, 5) is 2.52. The summed E-state index contributed by atoms with van der Waals surface area (Å²) in [5.74, 6) is 0. The molecule has 0 aliphatic heterocycles. The smallest absolute Gasteiger partial charge is 0.0546 e. The predicted octanol–water partition coefficient (Wildman–Crippen LogP) is 14.8. The van der Waals surface area contributed by atoms with E-state index in [9.17, 15) is 0 Å². The molecule has 256 valence electrons. The van der Waals surface area contributed by atoms with Crippen molar-refractivity contribution >= 4 is 38.6 Å². The van der Waals surface area contributed by atoms with Gasteiger partial charge in [-0.15, -0.1) is 0 Å². The van der Waals surface area contributed by atoms with Gasteiger partial charge in [0.15, 0.2) is 0 Å². The highest BCUT2D eigenvalue weighted by atomic mass is 15.1. The number of rotatable bonds is 6. The molecule has 10 rings (SSSR count). The zero-order valence-corrected chi connectivity index (χ0v) is 30.5. The SMILES string of the molecule is CC1(C)c2ccccc2-c2ccc(N(c3cc(-c4ccccc4)cc(-c4ccccc4)c3)c3ccc4ccccc4c3-c3cccc4ccccc34)cc21. The molecule has 1 heteroatoms. The molecule has 9 aromatic carbocycles. The average molecular weight is 690 g/mol. The van der Waals surface area contributed by atoms with Crippen LogP contribution in [0, 0.1) is 0 Å². The number of benzene rings is 9. The van der Waals surface area contributed by atoms with E-state index < -0.39 is 0 Å². The molecule has 0 bridgehead atoms. The van der Waals surface area contributed by atoms with Crippen molar-refractivity contribution in [2.75, 3.05) is 4.90 Å². The first-order valence-electron chi connectivity index (χ1n) is 18.8. The molecule has 0 fully saturated rings. The maximum Gasteiger partial charge on any atom is 0.0546 e. The molecular weight excluding hydrogens is 651 g/mol. The minimum absolute atomic E-state index is 0.142. The van der Waals surface area contributed by atoms with Crippen LogP contribution in [-0.2, 0) is 5.41 Å². The van der Waals surface area contributed by atoms with Gasteiger partial charge < -0.3 is 4.90 Å². The molecule has 1 aliphatic rings. The van der Waals surface area contributed by atoms with Crippen molar-refractivity contribution in [3.8, 4) is 44.5 Å².